The number of benzene rings is 1. The fraction of sp³-hybridized carbons (Fsp3) is 0.154. The first kappa shape index (κ1) is 14.7. The van der Waals surface area contributed by atoms with Gasteiger partial charge in [0.05, 0.1) is 0 Å². The van der Waals surface area contributed by atoms with Crippen LogP contribution in [0.3, 0.4) is 0 Å². The first-order valence-corrected chi connectivity index (χ1v) is 7.64. The largest absolute Gasteiger partial charge is 0.482 e. The summed E-state index contributed by atoms with van der Waals surface area (Å²) in [4.78, 5) is 26.3. The maximum Gasteiger partial charge on any atom is 0.341 e. The van der Waals surface area contributed by atoms with Crippen molar-refractivity contribution in [3.8, 4) is 5.75 Å². The van der Waals surface area contributed by atoms with Crippen LogP contribution in [0.1, 0.15) is 5.56 Å². The molecule has 1 heterocycles. The SMILES string of the molecule is CSC1=NC(=Cc2ccc(OCC(=O)O)cc2)C(=O)S1. The summed E-state index contributed by atoms with van der Waals surface area (Å²) in [7, 11) is 0. The summed E-state index contributed by atoms with van der Waals surface area (Å²) >= 11 is 2.56. The molecule has 0 radical (unpaired) electrons. The number of carbonyl (C=O) groups is 2. The van der Waals surface area contributed by atoms with E-state index in [1.807, 2.05) is 6.26 Å². The molecule has 104 valence electrons. The number of aliphatic imine (C=N–C) groups is 1. The monoisotopic (exact) mass is 309 g/mol. The number of thioether (sulfide) groups is 2. The van der Waals surface area contributed by atoms with Gasteiger partial charge in [0.15, 0.2) is 6.61 Å². The van der Waals surface area contributed by atoms with Crippen molar-refractivity contribution in [1.29, 1.82) is 0 Å². The topological polar surface area (TPSA) is 76.0 Å². The molecule has 1 N–H and O–H groups in total. The standard InChI is InChI=1S/C13H11NO4S2/c1-19-13-14-10(12(17)20-13)6-8-2-4-9(5-3-8)18-7-11(15)16/h2-6H,7H2,1H3,(H,15,16). The molecule has 0 unspecified atom stereocenters. The third-order valence-corrected chi connectivity index (χ3v) is 4.17. The minimum atomic E-state index is -1.02. The Morgan fingerprint density at radius 1 is 1.45 bits per heavy atom. The van der Waals surface area contributed by atoms with Gasteiger partial charge in [-0.15, -0.1) is 11.8 Å². The zero-order valence-corrected chi connectivity index (χ0v) is 12.2. The van der Waals surface area contributed by atoms with Gasteiger partial charge in [-0.05, 0) is 41.8 Å². The van der Waals surface area contributed by atoms with Crippen molar-refractivity contribution in [2.45, 2.75) is 0 Å². The van der Waals surface area contributed by atoms with E-state index in [0.717, 1.165) is 21.7 Å². The number of hydrogen-bond acceptors (Lipinski definition) is 6. The Morgan fingerprint density at radius 3 is 2.70 bits per heavy atom. The quantitative estimate of drug-likeness (QED) is 0.861. The second-order valence-electron chi connectivity index (χ2n) is 3.75. The molecule has 0 aliphatic carbocycles. The van der Waals surface area contributed by atoms with Crippen LogP contribution in [0.15, 0.2) is 35.0 Å². The molecule has 0 bridgehead atoms. The Labute approximate surface area is 124 Å². The zero-order valence-electron chi connectivity index (χ0n) is 10.5. The molecular weight excluding hydrogens is 298 g/mol. The lowest BCUT2D eigenvalue weighted by Gasteiger charge is -2.02. The van der Waals surface area contributed by atoms with Crippen molar-refractivity contribution < 1.29 is 19.4 Å². The van der Waals surface area contributed by atoms with Gasteiger partial charge in [-0.3, -0.25) is 4.79 Å². The summed E-state index contributed by atoms with van der Waals surface area (Å²) < 4.78 is 5.76. The molecular formula is C13H11NO4S2. The van der Waals surface area contributed by atoms with Gasteiger partial charge in [-0.25, -0.2) is 9.79 Å². The molecule has 1 aliphatic rings. The van der Waals surface area contributed by atoms with E-state index in [1.165, 1.54) is 11.8 Å². The zero-order chi connectivity index (χ0) is 14.5. The Balaban J connectivity index is 2.09. The first-order valence-electron chi connectivity index (χ1n) is 5.59. The van der Waals surface area contributed by atoms with E-state index < -0.39 is 5.97 Å². The number of rotatable bonds is 4. The van der Waals surface area contributed by atoms with E-state index in [9.17, 15) is 9.59 Å². The van der Waals surface area contributed by atoms with Gasteiger partial charge in [0.2, 0.25) is 5.12 Å². The second kappa shape index (κ2) is 6.62. The van der Waals surface area contributed by atoms with E-state index in [-0.39, 0.29) is 11.7 Å². The Bertz CT molecular complexity index is 593. The summed E-state index contributed by atoms with van der Waals surface area (Å²) in [6.45, 7) is -0.378. The molecule has 20 heavy (non-hydrogen) atoms. The lowest BCUT2D eigenvalue weighted by atomic mass is 10.2. The molecule has 7 heteroatoms. The third-order valence-electron chi connectivity index (χ3n) is 2.32. The van der Waals surface area contributed by atoms with E-state index in [0.29, 0.717) is 11.4 Å². The van der Waals surface area contributed by atoms with Crippen LogP contribution in [0.25, 0.3) is 6.08 Å². The molecule has 0 fully saturated rings. The van der Waals surface area contributed by atoms with Gasteiger partial charge in [-0.2, -0.15) is 0 Å². The number of carbonyl (C=O) groups excluding carboxylic acids is 1. The first-order chi connectivity index (χ1) is 9.58. The lowest BCUT2D eigenvalue weighted by molar-refractivity contribution is -0.139. The van der Waals surface area contributed by atoms with Crippen LogP contribution in [0.5, 0.6) is 5.75 Å². The molecule has 0 aromatic heterocycles. The van der Waals surface area contributed by atoms with Crippen LogP contribution < -0.4 is 4.74 Å². The van der Waals surface area contributed by atoms with Gasteiger partial charge in [0.1, 0.15) is 15.8 Å². The fourth-order valence-corrected chi connectivity index (χ4v) is 2.70. The van der Waals surface area contributed by atoms with Crippen molar-refractivity contribution >= 4 is 45.1 Å². The normalized spacial score (nSPS) is 16.4. The summed E-state index contributed by atoms with van der Waals surface area (Å²) in [5.41, 5.74) is 1.22. The maximum atomic E-state index is 11.7. The molecule has 0 saturated carbocycles. The van der Waals surface area contributed by atoms with E-state index in [2.05, 4.69) is 4.99 Å². The number of aliphatic carboxylic acids is 1. The lowest BCUT2D eigenvalue weighted by Crippen LogP contribution is -2.09. The maximum absolute atomic E-state index is 11.7. The molecule has 0 atom stereocenters. The average Bonchev–Trinajstić information content (AvgIpc) is 2.78. The molecule has 0 saturated heterocycles. The van der Waals surface area contributed by atoms with Crippen molar-refractivity contribution in [3.63, 3.8) is 0 Å². The number of carboxylic acid groups (broad SMARTS) is 1. The highest BCUT2D eigenvalue weighted by Crippen LogP contribution is 2.29. The van der Waals surface area contributed by atoms with Gasteiger partial charge in [0, 0.05) is 0 Å². The highest BCUT2D eigenvalue weighted by Gasteiger charge is 2.21. The predicted molar refractivity (Wildman–Crippen MR) is 81.1 cm³/mol. The van der Waals surface area contributed by atoms with Crippen LogP contribution in [-0.4, -0.2) is 33.4 Å². The molecule has 0 spiro atoms. The van der Waals surface area contributed by atoms with E-state index in [1.54, 1.807) is 30.3 Å². The molecule has 0 amide bonds. The van der Waals surface area contributed by atoms with Crippen LogP contribution in [0, 0.1) is 0 Å². The highest BCUT2D eigenvalue weighted by molar-refractivity contribution is 8.45. The van der Waals surface area contributed by atoms with Gasteiger partial charge in [-0.1, -0.05) is 12.1 Å². The van der Waals surface area contributed by atoms with Crippen LogP contribution in [-0.2, 0) is 9.59 Å². The average molecular weight is 309 g/mol. The van der Waals surface area contributed by atoms with Crippen molar-refractivity contribution in [3.05, 3.63) is 35.5 Å². The van der Waals surface area contributed by atoms with Crippen molar-refractivity contribution in [2.75, 3.05) is 12.9 Å². The van der Waals surface area contributed by atoms with Crippen molar-refractivity contribution in [1.82, 2.24) is 0 Å². The smallest absolute Gasteiger partial charge is 0.341 e. The van der Waals surface area contributed by atoms with Gasteiger partial charge >= 0.3 is 5.97 Å². The molecule has 2 rings (SSSR count). The Morgan fingerprint density at radius 2 is 2.15 bits per heavy atom. The van der Waals surface area contributed by atoms with E-state index >= 15 is 0 Å². The molecule has 1 aliphatic heterocycles. The summed E-state index contributed by atoms with van der Waals surface area (Å²) in [6, 6.07) is 6.80. The minimum absolute atomic E-state index is 0.0689. The third kappa shape index (κ3) is 3.88. The summed E-state index contributed by atoms with van der Waals surface area (Å²) in [5.74, 6) is -0.557. The van der Waals surface area contributed by atoms with E-state index in [4.69, 9.17) is 9.84 Å². The minimum Gasteiger partial charge on any atom is -0.482 e. The fourth-order valence-electron chi connectivity index (χ4n) is 1.44. The van der Waals surface area contributed by atoms with Crippen LogP contribution in [0.4, 0.5) is 0 Å². The predicted octanol–water partition coefficient (Wildman–Crippen LogP) is 2.48. The molecule has 5 nitrogen and oxygen atoms in total. The van der Waals surface area contributed by atoms with Gasteiger partial charge in [0.25, 0.3) is 0 Å². The van der Waals surface area contributed by atoms with Crippen LogP contribution >= 0.6 is 23.5 Å². The molecule has 1 aromatic rings. The Hall–Kier alpha value is -1.73. The van der Waals surface area contributed by atoms with Crippen LogP contribution in [0.2, 0.25) is 0 Å². The van der Waals surface area contributed by atoms with Crippen molar-refractivity contribution in [2.24, 2.45) is 4.99 Å². The summed E-state index contributed by atoms with van der Waals surface area (Å²) in [5, 5.41) is 8.44. The number of hydrogen-bond donors (Lipinski definition) is 1. The van der Waals surface area contributed by atoms with Gasteiger partial charge < -0.3 is 9.84 Å². The second-order valence-corrected chi connectivity index (χ2v) is 5.77. The Kier molecular flexibility index (Phi) is 4.86. The number of carboxylic acids is 1. The molecule has 1 aromatic carbocycles. The summed E-state index contributed by atoms with van der Waals surface area (Å²) in [6.07, 6.45) is 3.57. The highest BCUT2D eigenvalue weighted by atomic mass is 32.2. The number of nitrogens with zero attached hydrogens (tertiary/aromatic N) is 1. The number of ether oxygens (including phenoxy) is 1.